The number of amides is 1. The van der Waals surface area contributed by atoms with Crippen LogP contribution in [0.2, 0.25) is 5.02 Å². The molecule has 2 rings (SSSR count). The van der Waals surface area contributed by atoms with E-state index in [2.05, 4.69) is 10.6 Å². The van der Waals surface area contributed by atoms with Crippen molar-refractivity contribution >= 4 is 28.9 Å². The van der Waals surface area contributed by atoms with Crippen LogP contribution in [0, 0.1) is 0 Å². The summed E-state index contributed by atoms with van der Waals surface area (Å²) < 4.78 is 10.4. The first-order valence-electron chi connectivity index (χ1n) is 7.13. The van der Waals surface area contributed by atoms with Gasteiger partial charge in [0.05, 0.1) is 19.9 Å². The van der Waals surface area contributed by atoms with Crippen LogP contribution in [0.3, 0.4) is 0 Å². The number of hydrogen-bond donors (Lipinski definition) is 2. The first-order chi connectivity index (χ1) is 11.1. The van der Waals surface area contributed by atoms with Crippen molar-refractivity contribution in [1.82, 2.24) is 0 Å². The Hall–Kier alpha value is -2.40. The van der Waals surface area contributed by atoms with E-state index < -0.39 is 0 Å². The molecule has 122 valence electrons. The zero-order valence-electron chi connectivity index (χ0n) is 13.1. The average molecular weight is 335 g/mol. The summed E-state index contributed by atoms with van der Waals surface area (Å²) in [6.07, 6.45) is 0.312. The number of methoxy groups -OCH3 is 2. The summed E-state index contributed by atoms with van der Waals surface area (Å²) in [6.45, 7) is 0.498. The average Bonchev–Trinajstić information content (AvgIpc) is 2.55. The van der Waals surface area contributed by atoms with E-state index in [0.29, 0.717) is 35.2 Å². The maximum atomic E-state index is 12.1. The van der Waals surface area contributed by atoms with Crippen LogP contribution < -0.4 is 20.1 Å². The molecule has 6 heteroatoms. The number of anilines is 2. The number of ether oxygens (including phenoxy) is 2. The lowest BCUT2D eigenvalue weighted by atomic mass is 10.2. The van der Waals surface area contributed by atoms with Crippen LogP contribution in [-0.2, 0) is 4.79 Å². The SMILES string of the molecule is COc1ccc(OC)c(NC(=O)CCNc2cccc(Cl)c2)c1. The molecular weight excluding hydrogens is 316 g/mol. The number of nitrogens with one attached hydrogen (secondary N) is 2. The van der Waals surface area contributed by atoms with E-state index in [0.717, 1.165) is 5.69 Å². The lowest BCUT2D eigenvalue weighted by Crippen LogP contribution is -2.16. The van der Waals surface area contributed by atoms with Gasteiger partial charge in [-0.2, -0.15) is 0 Å². The summed E-state index contributed by atoms with van der Waals surface area (Å²) in [4.78, 5) is 12.1. The van der Waals surface area contributed by atoms with E-state index >= 15 is 0 Å². The molecule has 0 aliphatic rings. The van der Waals surface area contributed by atoms with Gasteiger partial charge in [-0.1, -0.05) is 17.7 Å². The highest BCUT2D eigenvalue weighted by atomic mass is 35.5. The zero-order valence-corrected chi connectivity index (χ0v) is 13.8. The van der Waals surface area contributed by atoms with Crippen LogP contribution in [0.5, 0.6) is 11.5 Å². The van der Waals surface area contributed by atoms with Crippen molar-refractivity contribution in [3.05, 3.63) is 47.5 Å². The Bertz CT molecular complexity index is 677. The molecule has 1 amide bonds. The van der Waals surface area contributed by atoms with E-state index in [9.17, 15) is 4.79 Å². The van der Waals surface area contributed by atoms with Crippen LogP contribution in [-0.4, -0.2) is 26.7 Å². The number of carbonyl (C=O) groups is 1. The molecule has 2 aromatic rings. The van der Waals surface area contributed by atoms with E-state index in [1.54, 1.807) is 38.5 Å². The third kappa shape index (κ3) is 5.07. The first kappa shape index (κ1) is 17.0. The minimum atomic E-state index is -0.119. The molecule has 0 fully saturated rings. The summed E-state index contributed by atoms with van der Waals surface area (Å²) in [6, 6.07) is 12.6. The van der Waals surface area contributed by atoms with E-state index in [1.807, 2.05) is 18.2 Å². The second kappa shape index (κ2) is 8.29. The van der Waals surface area contributed by atoms with Crippen LogP contribution in [0.25, 0.3) is 0 Å². The fourth-order valence-corrected chi connectivity index (χ4v) is 2.23. The topological polar surface area (TPSA) is 59.6 Å². The van der Waals surface area contributed by atoms with Gasteiger partial charge in [0.25, 0.3) is 0 Å². The largest absolute Gasteiger partial charge is 0.497 e. The normalized spacial score (nSPS) is 10.0. The van der Waals surface area contributed by atoms with Crippen molar-refractivity contribution in [2.45, 2.75) is 6.42 Å². The molecule has 0 bridgehead atoms. The van der Waals surface area contributed by atoms with Gasteiger partial charge in [0.15, 0.2) is 0 Å². The molecular formula is C17H19ClN2O3. The second-order valence-corrected chi connectivity index (χ2v) is 5.24. The first-order valence-corrected chi connectivity index (χ1v) is 7.51. The Morgan fingerprint density at radius 2 is 1.96 bits per heavy atom. The van der Waals surface area contributed by atoms with Crippen molar-refractivity contribution in [2.75, 3.05) is 31.4 Å². The molecule has 0 spiro atoms. The lowest BCUT2D eigenvalue weighted by molar-refractivity contribution is -0.115. The molecule has 0 saturated heterocycles. The molecule has 0 aliphatic carbocycles. The van der Waals surface area contributed by atoms with Gasteiger partial charge in [-0.3, -0.25) is 4.79 Å². The van der Waals surface area contributed by atoms with Gasteiger partial charge in [-0.25, -0.2) is 0 Å². The molecule has 0 atom stereocenters. The van der Waals surface area contributed by atoms with Gasteiger partial charge in [0.2, 0.25) is 5.91 Å². The van der Waals surface area contributed by atoms with Crippen molar-refractivity contribution in [1.29, 1.82) is 0 Å². The van der Waals surface area contributed by atoms with E-state index in [-0.39, 0.29) is 5.91 Å². The minimum Gasteiger partial charge on any atom is -0.497 e. The zero-order chi connectivity index (χ0) is 16.7. The highest BCUT2D eigenvalue weighted by Crippen LogP contribution is 2.28. The van der Waals surface area contributed by atoms with Gasteiger partial charge in [0, 0.05) is 29.7 Å². The number of halogens is 1. The van der Waals surface area contributed by atoms with Crippen molar-refractivity contribution in [2.24, 2.45) is 0 Å². The van der Waals surface area contributed by atoms with Gasteiger partial charge in [-0.15, -0.1) is 0 Å². The summed E-state index contributed by atoms with van der Waals surface area (Å²) in [5, 5.41) is 6.63. The molecule has 0 heterocycles. The third-order valence-corrected chi connectivity index (χ3v) is 3.42. The molecule has 0 unspecified atom stereocenters. The van der Waals surface area contributed by atoms with Gasteiger partial charge in [0.1, 0.15) is 11.5 Å². The Morgan fingerprint density at radius 1 is 1.13 bits per heavy atom. The maximum Gasteiger partial charge on any atom is 0.226 e. The van der Waals surface area contributed by atoms with Crippen LogP contribution in [0.15, 0.2) is 42.5 Å². The van der Waals surface area contributed by atoms with Crippen molar-refractivity contribution in [3.63, 3.8) is 0 Å². The lowest BCUT2D eigenvalue weighted by Gasteiger charge is -2.12. The molecule has 23 heavy (non-hydrogen) atoms. The highest BCUT2D eigenvalue weighted by molar-refractivity contribution is 6.30. The Kier molecular flexibility index (Phi) is 6.11. The second-order valence-electron chi connectivity index (χ2n) is 4.80. The number of hydrogen-bond acceptors (Lipinski definition) is 4. The van der Waals surface area contributed by atoms with Gasteiger partial charge < -0.3 is 20.1 Å². The molecule has 2 N–H and O–H groups in total. The number of rotatable bonds is 7. The third-order valence-electron chi connectivity index (χ3n) is 3.19. The quantitative estimate of drug-likeness (QED) is 0.808. The molecule has 0 radical (unpaired) electrons. The summed E-state index contributed by atoms with van der Waals surface area (Å²) in [5.41, 5.74) is 1.46. The van der Waals surface area contributed by atoms with Crippen LogP contribution >= 0.6 is 11.6 Å². The van der Waals surface area contributed by atoms with Gasteiger partial charge >= 0.3 is 0 Å². The molecule has 2 aromatic carbocycles. The van der Waals surface area contributed by atoms with E-state index in [1.165, 1.54) is 0 Å². The summed E-state index contributed by atoms with van der Waals surface area (Å²) in [7, 11) is 3.13. The molecule has 0 aliphatic heterocycles. The van der Waals surface area contributed by atoms with Crippen LogP contribution in [0.4, 0.5) is 11.4 Å². The summed E-state index contributed by atoms with van der Waals surface area (Å²) in [5.74, 6) is 1.12. The van der Waals surface area contributed by atoms with Crippen molar-refractivity contribution < 1.29 is 14.3 Å². The summed E-state index contributed by atoms with van der Waals surface area (Å²) >= 11 is 5.91. The van der Waals surface area contributed by atoms with Crippen LogP contribution in [0.1, 0.15) is 6.42 Å². The Balaban J connectivity index is 1.89. The molecule has 0 saturated carbocycles. The molecule has 0 aromatic heterocycles. The van der Waals surface area contributed by atoms with E-state index in [4.69, 9.17) is 21.1 Å². The fourth-order valence-electron chi connectivity index (χ4n) is 2.04. The predicted molar refractivity (Wildman–Crippen MR) is 92.7 cm³/mol. The smallest absolute Gasteiger partial charge is 0.226 e. The minimum absolute atomic E-state index is 0.119. The molecule has 5 nitrogen and oxygen atoms in total. The number of benzene rings is 2. The monoisotopic (exact) mass is 334 g/mol. The van der Waals surface area contributed by atoms with Crippen molar-refractivity contribution in [3.8, 4) is 11.5 Å². The predicted octanol–water partition coefficient (Wildman–Crippen LogP) is 3.80. The number of carbonyl (C=O) groups excluding carboxylic acids is 1. The standard InChI is InChI=1S/C17H19ClN2O3/c1-22-14-6-7-16(23-2)15(11-14)20-17(21)8-9-19-13-5-3-4-12(18)10-13/h3-7,10-11,19H,8-9H2,1-2H3,(H,20,21). The Morgan fingerprint density at radius 3 is 2.65 bits per heavy atom. The highest BCUT2D eigenvalue weighted by Gasteiger charge is 2.09. The maximum absolute atomic E-state index is 12.1. The fraction of sp³-hybridized carbons (Fsp3) is 0.235. The Labute approximate surface area is 140 Å². The van der Waals surface area contributed by atoms with Gasteiger partial charge in [-0.05, 0) is 30.3 Å².